The number of rotatable bonds is 7. The van der Waals surface area contributed by atoms with Crippen LogP contribution >= 0.6 is 23.2 Å². The molecule has 0 atom stereocenters. The van der Waals surface area contributed by atoms with E-state index >= 15 is 0 Å². The molecule has 1 aromatic heterocycles. The van der Waals surface area contributed by atoms with E-state index in [1.54, 1.807) is 6.92 Å². The number of carboxylic acids is 1. The van der Waals surface area contributed by atoms with Gasteiger partial charge in [0.2, 0.25) is 0 Å². The van der Waals surface area contributed by atoms with Crippen LogP contribution in [0.5, 0.6) is 5.75 Å². The predicted octanol–water partition coefficient (Wildman–Crippen LogP) is 2.83. The maximum Gasteiger partial charge on any atom is 0.322 e. The first-order valence-electron chi connectivity index (χ1n) is 9.62. The quantitative estimate of drug-likeness (QED) is 0.424. The zero-order valence-electron chi connectivity index (χ0n) is 16.7. The number of nitrogens with one attached hydrogen (secondary N) is 4. The number of H-pyrrole nitrogens is 1. The van der Waals surface area contributed by atoms with Gasteiger partial charge in [-0.1, -0.05) is 23.2 Å². The number of anilines is 1. The van der Waals surface area contributed by atoms with E-state index in [0.29, 0.717) is 17.1 Å². The number of piperidine rings is 1. The maximum absolute atomic E-state index is 12.7. The molecule has 1 aliphatic rings. The smallest absolute Gasteiger partial charge is 0.322 e. The first-order valence-corrected chi connectivity index (χ1v) is 10.4. The molecule has 0 aliphatic carbocycles. The van der Waals surface area contributed by atoms with Gasteiger partial charge in [-0.2, -0.15) is 0 Å². The Kier molecular flexibility index (Phi) is 7.42. The molecular formula is C20H22Cl2N4O5. The number of aryl methyl sites for hydroxylation is 1. The molecule has 11 heteroatoms. The lowest BCUT2D eigenvalue weighted by Gasteiger charge is -2.25. The van der Waals surface area contributed by atoms with Gasteiger partial charge in [-0.15, -0.1) is 0 Å². The zero-order chi connectivity index (χ0) is 22.5. The highest BCUT2D eigenvalue weighted by atomic mass is 35.5. The van der Waals surface area contributed by atoms with Crippen molar-refractivity contribution in [3.63, 3.8) is 0 Å². The summed E-state index contributed by atoms with van der Waals surface area (Å²) in [6.07, 6.45) is 1.43. The summed E-state index contributed by atoms with van der Waals surface area (Å²) in [5.41, 5.74) is 1.23. The minimum Gasteiger partial charge on any atom is -0.488 e. The molecule has 0 saturated carbocycles. The second-order valence-corrected chi connectivity index (χ2v) is 7.82. The van der Waals surface area contributed by atoms with E-state index < -0.39 is 24.3 Å². The van der Waals surface area contributed by atoms with Crippen LogP contribution in [-0.4, -0.2) is 53.6 Å². The number of hydrogen-bond acceptors (Lipinski definition) is 5. The number of hydrogen-bond donors (Lipinski definition) is 5. The van der Waals surface area contributed by atoms with Gasteiger partial charge in [0.15, 0.2) is 0 Å². The fourth-order valence-electron chi connectivity index (χ4n) is 3.13. The highest BCUT2D eigenvalue weighted by Gasteiger charge is 2.22. The lowest BCUT2D eigenvalue weighted by atomic mass is 10.1. The van der Waals surface area contributed by atoms with E-state index in [-0.39, 0.29) is 27.4 Å². The van der Waals surface area contributed by atoms with Gasteiger partial charge in [0, 0.05) is 11.3 Å². The van der Waals surface area contributed by atoms with Crippen molar-refractivity contribution in [3.05, 3.63) is 45.2 Å². The van der Waals surface area contributed by atoms with Crippen molar-refractivity contribution >= 4 is 46.7 Å². The third-order valence-electron chi connectivity index (χ3n) is 4.75. The Balaban J connectivity index is 1.86. The summed E-state index contributed by atoms with van der Waals surface area (Å²) in [7, 11) is 0. The number of carbonyl (C=O) groups excluding carboxylic acids is 2. The van der Waals surface area contributed by atoms with Crippen LogP contribution in [0.15, 0.2) is 18.2 Å². The molecule has 1 aliphatic heterocycles. The maximum atomic E-state index is 12.7. The summed E-state index contributed by atoms with van der Waals surface area (Å²) in [6, 6.07) is 4.47. The highest BCUT2D eigenvalue weighted by Crippen LogP contribution is 2.32. The van der Waals surface area contributed by atoms with Crippen molar-refractivity contribution in [3.8, 4) is 5.75 Å². The molecule has 1 fully saturated rings. The summed E-state index contributed by atoms with van der Waals surface area (Å²) in [4.78, 5) is 38.6. The van der Waals surface area contributed by atoms with Crippen molar-refractivity contribution in [1.29, 1.82) is 0 Å². The van der Waals surface area contributed by atoms with Gasteiger partial charge < -0.3 is 30.8 Å². The van der Waals surface area contributed by atoms with Crippen LogP contribution in [0.3, 0.4) is 0 Å². The van der Waals surface area contributed by atoms with E-state index in [1.807, 2.05) is 0 Å². The molecule has 3 rings (SSSR count). The lowest BCUT2D eigenvalue weighted by molar-refractivity contribution is -0.135. The van der Waals surface area contributed by atoms with E-state index in [2.05, 4.69) is 20.9 Å². The van der Waals surface area contributed by atoms with Gasteiger partial charge in [0.05, 0.1) is 15.7 Å². The van der Waals surface area contributed by atoms with E-state index in [0.717, 1.165) is 25.9 Å². The molecule has 2 aromatic rings. The first-order chi connectivity index (χ1) is 14.8. The highest BCUT2D eigenvalue weighted by molar-refractivity contribution is 6.44. The summed E-state index contributed by atoms with van der Waals surface area (Å²) in [6.45, 7) is 2.77. The van der Waals surface area contributed by atoms with Crippen molar-refractivity contribution in [2.75, 3.05) is 25.0 Å². The number of ether oxygens (including phenoxy) is 1. The second kappa shape index (κ2) is 10.0. The number of carboxylic acid groups (broad SMARTS) is 1. The number of benzene rings is 1. The number of carbonyl (C=O) groups is 3. The number of aromatic amines is 1. The number of aliphatic carboxylic acids is 1. The summed E-state index contributed by atoms with van der Waals surface area (Å²) >= 11 is 12.2. The van der Waals surface area contributed by atoms with Gasteiger partial charge in [-0.3, -0.25) is 14.4 Å². The van der Waals surface area contributed by atoms with Crippen molar-refractivity contribution in [2.45, 2.75) is 25.9 Å². The number of halogens is 2. The molecule has 166 valence electrons. The normalized spacial score (nSPS) is 14.2. The minimum atomic E-state index is -1.15. The molecular weight excluding hydrogens is 447 g/mol. The van der Waals surface area contributed by atoms with Crippen LogP contribution in [0.4, 0.5) is 5.69 Å². The predicted molar refractivity (Wildman–Crippen MR) is 116 cm³/mol. The van der Waals surface area contributed by atoms with Gasteiger partial charge in [0.1, 0.15) is 24.1 Å². The van der Waals surface area contributed by atoms with Crippen LogP contribution < -0.4 is 20.7 Å². The molecule has 5 N–H and O–H groups in total. The van der Waals surface area contributed by atoms with E-state index in [9.17, 15) is 14.4 Å². The summed E-state index contributed by atoms with van der Waals surface area (Å²) in [5.74, 6) is -1.93. The van der Waals surface area contributed by atoms with Crippen molar-refractivity contribution in [2.24, 2.45) is 0 Å². The lowest BCUT2D eigenvalue weighted by Crippen LogP contribution is -2.34. The topological polar surface area (TPSA) is 133 Å². The molecule has 0 unspecified atom stereocenters. The Hall–Kier alpha value is -2.75. The molecule has 9 nitrogen and oxygen atoms in total. The third-order valence-corrected chi connectivity index (χ3v) is 5.70. The number of amides is 2. The fourth-order valence-corrected chi connectivity index (χ4v) is 3.54. The largest absolute Gasteiger partial charge is 0.488 e. The Bertz CT molecular complexity index is 1000. The van der Waals surface area contributed by atoms with Crippen LogP contribution in [0.2, 0.25) is 10.0 Å². The Morgan fingerprint density at radius 3 is 2.48 bits per heavy atom. The van der Waals surface area contributed by atoms with Gasteiger partial charge in [-0.05, 0) is 51.1 Å². The SMILES string of the molecule is Cc1[nH]c(C(=O)Nc2ccc(C(=O)NCC(=O)O)cc2OC2CCNCC2)c(Cl)c1Cl. The average Bonchev–Trinajstić information content (AvgIpc) is 3.01. The summed E-state index contributed by atoms with van der Waals surface area (Å²) < 4.78 is 6.08. The van der Waals surface area contributed by atoms with Crippen molar-refractivity contribution in [1.82, 2.24) is 15.6 Å². The minimum absolute atomic E-state index is 0.0972. The molecule has 0 spiro atoms. The van der Waals surface area contributed by atoms with Crippen LogP contribution in [-0.2, 0) is 4.79 Å². The second-order valence-electron chi connectivity index (χ2n) is 7.06. The van der Waals surface area contributed by atoms with Crippen LogP contribution in [0.1, 0.15) is 39.4 Å². The Morgan fingerprint density at radius 1 is 1.16 bits per heavy atom. The Morgan fingerprint density at radius 2 is 1.87 bits per heavy atom. The van der Waals surface area contributed by atoms with E-state index in [4.69, 9.17) is 33.0 Å². The molecule has 0 radical (unpaired) electrons. The van der Waals surface area contributed by atoms with Crippen molar-refractivity contribution < 1.29 is 24.2 Å². The van der Waals surface area contributed by atoms with E-state index in [1.165, 1.54) is 18.2 Å². The molecule has 0 bridgehead atoms. The van der Waals surface area contributed by atoms with Gasteiger partial charge in [0.25, 0.3) is 11.8 Å². The van der Waals surface area contributed by atoms with Gasteiger partial charge in [-0.25, -0.2) is 0 Å². The zero-order valence-corrected chi connectivity index (χ0v) is 18.2. The summed E-state index contributed by atoms with van der Waals surface area (Å²) in [5, 5.41) is 17.4. The monoisotopic (exact) mass is 468 g/mol. The molecule has 2 amide bonds. The number of aromatic nitrogens is 1. The standard InChI is InChI=1S/C20H22Cl2N4O5/c1-10-16(21)17(22)18(25-10)20(30)26-13-3-2-11(19(29)24-9-15(27)28)8-14(13)31-12-4-6-23-7-5-12/h2-3,8,12,23,25H,4-7,9H2,1H3,(H,24,29)(H,26,30)(H,27,28). The first kappa shape index (κ1) is 22.9. The molecule has 2 heterocycles. The molecule has 1 aromatic carbocycles. The average molecular weight is 469 g/mol. The fraction of sp³-hybridized carbons (Fsp3) is 0.350. The van der Waals surface area contributed by atoms with Crippen LogP contribution in [0.25, 0.3) is 0 Å². The Labute approximate surface area is 188 Å². The molecule has 31 heavy (non-hydrogen) atoms. The van der Waals surface area contributed by atoms with Gasteiger partial charge >= 0.3 is 5.97 Å². The van der Waals surface area contributed by atoms with Crippen LogP contribution in [0, 0.1) is 6.92 Å². The third kappa shape index (κ3) is 5.69. The molecule has 1 saturated heterocycles.